The molecule has 0 saturated carbocycles. The summed E-state index contributed by atoms with van der Waals surface area (Å²) in [6.45, 7) is 0. The summed E-state index contributed by atoms with van der Waals surface area (Å²) in [5.41, 5.74) is 4.65. The molecule has 0 radical (unpaired) electrons. The van der Waals surface area contributed by atoms with E-state index in [1.54, 1.807) is 11.8 Å². The van der Waals surface area contributed by atoms with E-state index < -0.39 is 0 Å². The van der Waals surface area contributed by atoms with Crippen LogP contribution in [0, 0.1) is 0 Å². The van der Waals surface area contributed by atoms with Gasteiger partial charge < -0.3 is 5.32 Å². The minimum Gasteiger partial charge on any atom is -0.345 e. The molecule has 114 valence electrons. The Hall–Kier alpha value is -1.74. The lowest BCUT2D eigenvalue weighted by Gasteiger charge is -2.26. The van der Waals surface area contributed by atoms with E-state index in [0.29, 0.717) is 0 Å². The first-order valence-corrected chi connectivity index (χ1v) is 9.14. The van der Waals surface area contributed by atoms with E-state index in [1.165, 1.54) is 16.7 Å². The Balaban J connectivity index is 1.72. The van der Waals surface area contributed by atoms with Gasteiger partial charge in [0.15, 0.2) is 0 Å². The van der Waals surface area contributed by atoms with Gasteiger partial charge in [-0.3, -0.25) is 4.79 Å². The van der Waals surface area contributed by atoms with Gasteiger partial charge in [0.25, 0.3) is 5.91 Å². The first kappa shape index (κ1) is 15.2. The lowest BCUT2D eigenvalue weighted by atomic mass is 9.87. The number of hydrogen-bond donors (Lipinski definition) is 1. The maximum atomic E-state index is 12.5. The normalized spacial score (nSPS) is 16.9. The van der Waals surface area contributed by atoms with Crippen molar-refractivity contribution in [3.63, 3.8) is 0 Å². The number of benzene rings is 2. The fourth-order valence-corrected chi connectivity index (χ4v) is 3.59. The first-order chi connectivity index (χ1) is 10.8. The number of thioether (sulfide) groups is 1. The third-order valence-corrected chi connectivity index (χ3v) is 4.82. The molecule has 1 atom stereocenters. The van der Waals surface area contributed by atoms with E-state index in [1.807, 2.05) is 24.3 Å². The zero-order valence-electron chi connectivity index (χ0n) is 12.8. The van der Waals surface area contributed by atoms with Gasteiger partial charge >= 0.3 is 0 Å². The van der Waals surface area contributed by atoms with Gasteiger partial charge in [-0.2, -0.15) is 11.8 Å². The van der Waals surface area contributed by atoms with Crippen LogP contribution in [0.4, 0.5) is 0 Å². The molecule has 3 rings (SSSR count). The van der Waals surface area contributed by atoms with Crippen molar-refractivity contribution >= 4 is 17.7 Å². The molecule has 1 aliphatic rings. The molecule has 0 bridgehead atoms. The third kappa shape index (κ3) is 3.36. The van der Waals surface area contributed by atoms with Gasteiger partial charge in [-0.1, -0.05) is 36.4 Å². The van der Waals surface area contributed by atoms with Crippen molar-refractivity contribution in [1.29, 1.82) is 0 Å². The Morgan fingerprint density at radius 1 is 1.18 bits per heavy atom. The molecule has 2 nitrogen and oxygen atoms in total. The largest absolute Gasteiger partial charge is 0.345 e. The molecule has 0 fully saturated rings. The molecule has 0 aliphatic heterocycles. The Kier molecular flexibility index (Phi) is 4.84. The maximum Gasteiger partial charge on any atom is 0.251 e. The number of hydrogen-bond acceptors (Lipinski definition) is 2. The Morgan fingerprint density at radius 3 is 2.73 bits per heavy atom. The predicted octanol–water partition coefficient (Wildman–Crippen LogP) is 4.36. The first-order valence-electron chi connectivity index (χ1n) is 7.74. The van der Waals surface area contributed by atoms with Gasteiger partial charge in [0.05, 0.1) is 6.04 Å². The van der Waals surface area contributed by atoms with Crippen molar-refractivity contribution in [3.8, 4) is 0 Å². The van der Waals surface area contributed by atoms with Crippen LogP contribution in [-0.4, -0.2) is 12.2 Å². The standard InChI is InChI=1S/C19H21NOS/c1-22-13-14-9-11-16(12-10-14)19(21)20-18-8-4-6-15-5-2-3-7-17(15)18/h2-3,5,7,9-12,18H,4,6,8,13H2,1H3,(H,20,21)/t18-/m1/s1. The average molecular weight is 311 g/mol. The van der Waals surface area contributed by atoms with E-state index in [-0.39, 0.29) is 11.9 Å². The molecule has 1 amide bonds. The zero-order chi connectivity index (χ0) is 15.4. The summed E-state index contributed by atoms with van der Waals surface area (Å²) in [5.74, 6) is 1.01. The summed E-state index contributed by atoms with van der Waals surface area (Å²) in [7, 11) is 0. The fraction of sp³-hybridized carbons (Fsp3) is 0.316. The number of aryl methyl sites for hydroxylation is 1. The van der Waals surface area contributed by atoms with Crippen molar-refractivity contribution in [1.82, 2.24) is 5.32 Å². The van der Waals surface area contributed by atoms with Crippen molar-refractivity contribution in [2.24, 2.45) is 0 Å². The van der Waals surface area contributed by atoms with Crippen LogP contribution in [0.25, 0.3) is 0 Å². The van der Waals surface area contributed by atoms with Gasteiger partial charge in [-0.15, -0.1) is 0 Å². The minimum absolute atomic E-state index is 0.0254. The molecule has 0 spiro atoms. The van der Waals surface area contributed by atoms with Crippen LogP contribution in [0.2, 0.25) is 0 Å². The summed E-state index contributed by atoms with van der Waals surface area (Å²) in [4.78, 5) is 12.5. The highest BCUT2D eigenvalue weighted by Gasteiger charge is 2.21. The van der Waals surface area contributed by atoms with E-state index in [0.717, 1.165) is 30.6 Å². The summed E-state index contributed by atoms with van der Waals surface area (Å²) >= 11 is 1.79. The van der Waals surface area contributed by atoms with E-state index in [2.05, 4.69) is 35.8 Å². The SMILES string of the molecule is CSCc1ccc(C(=O)N[C@@H]2CCCc3ccccc32)cc1. The average Bonchev–Trinajstić information content (AvgIpc) is 2.56. The van der Waals surface area contributed by atoms with Crippen LogP contribution in [-0.2, 0) is 12.2 Å². The Labute approximate surface area is 136 Å². The van der Waals surface area contributed by atoms with Crippen LogP contribution >= 0.6 is 11.8 Å². The number of amides is 1. The van der Waals surface area contributed by atoms with E-state index >= 15 is 0 Å². The summed E-state index contributed by atoms with van der Waals surface area (Å²) in [5, 5.41) is 3.20. The second-order valence-electron chi connectivity index (χ2n) is 5.75. The molecule has 1 N–H and O–H groups in total. The quantitative estimate of drug-likeness (QED) is 0.909. The molecule has 22 heavy (non-hydrogen) atoms. The van der Waals surface area contributed by atoms with E-state index in [9.17, 15) is 4.79 Å². The maximum absolute atomic E-state index is 12.5. The second kappa shape index (κ2) is 7.01. The fourth-order valence-electron chi connectivity index (χ4n) is 3.06. The molecular weight excluding hydrogens is 290 g/mol. The number of fused-ring (bicyclic) bond motifs is 1. The summed E-state index contributed by atoms with van der Waals surface area (Å²) in [6.07, 6.45) is 5.36. The van der Waals surface area contributed by atoms with Crippen molar-refractivity contribution in [2.45, 2.75) is 31.1 Å². The van der Waals surface area contributed by atoms with Crippen molar-refractivity contribution < 1.29 is 4.79 Å². The lowest BCUT2D eigenvalue weighted by molar-refractivity contribution is 0.0933. The summed E-state index contributed by atoms with van der Waals surface area (Å²) in [6, 6.07) is 16.5. The molecule has 0 saturated heterocycles. The van der Waals surface area contributed by atoms with Crippen LogP contribution in [0.5, 0.6) is 0 Å². The topological polar surface area (TPSA) is 29.1 Å². The Bertz CT molecular complexity index is 651. The summed E-state index contributed by atoms with van der Waals surface area (Å²) < 4.78 is 0. The van der Waals surface area contributed by atoms with Crippen molar-refractivity contribution in [2.75, 3.05) is 6.26 Å². The lowest BCUT2D eigenvalue weighted by Crippen LogP contribution is -2.30. The predicted molar refractivity (Wildman–Crippen MR) is 93.2 cm³/mol. The highest BCUT2D eigenvalue weighted by molar-refractivity contribution is 7.97. The van der Waals surface area contributed by atoms with Gasteiger partial charge in [0.1, 0.15) is 0 Å². The highest BCUT2D eigenvalue weighted by Crippen LogP contribution is 2.29. The van der Waals surface area contributed by atoms with Crippen LogP contribution < -0.4 is 5.32 Å². The number of carbonyl (C=O) groups is 1. The number of nitrogens with one attached hydrogen (secondary N) is 1. The van der Waals surface area contributed by atoms with Gasteiger partial charge in [0.2, 0.25) is 0 Å². The van der Waals surface area contributed by atoms with E-state index in [4.69, 9.17) is 0 Å². The third-order valence-electron chi connectivity index (χ3n) is 4.20. The molecule has 2 aromatic carbocycles. The van der Waals surface area contributed by atoms with Crippen LogP contribution in [0.3, 0.4) is 0 Å². The van der Waals surface area contributed by atoms with Crippen LogP contribution in [0.15, 0.2) is 48.5 Å². The molecular formula is C19H21NOS. The molecule has 0 unspecified atom stereocenters. The minimum atomic E-state index is 0.0254. The zero-order valence-corrected chi connectivity index (χ0v) is 13.7. The highest BCUT2D eigenvalue weighted by atomic mass is 32.2. The molecule has 3 heteroatoms. The molecule has 2 aromatic rings. The monoisotopic (exact) mass is 311 g/mol. The molecule has 0 heterocycles. The molecule has 1 aliphatic carbocycles. The number of carbonyl (C=O) groups excluding carboxylic acids is 1. The molecule has 0 aromatic heterocycles. The second-order valence-corrected chi connectivity index (χ2v) is 6.61. The smallest absolute Gasteiger partial charge is 0.251 e. The Morgan fingerprint density at radius 2 is 1.95 bits per heavy atom. The van der Waals surface area contributed by atoms with Crippen molar-refractivity contribution in [3.05, 3.63) is 70.8 Å². The van der Waals surface area contributed by atoms with Gasteiger partial charge in [-0.05, 0) is 54.3 Å². The van der Waals surface area contributed by atoms with Gasteiger partial charge in [-0.25, -0.2) is 0 Å². The van der Waals surface area contributed by atoms with Gasteiger partial charge in [0, 0.05) is 11.3 Å². The van der Waals surface area contributed by atoms with Crippen LogP contribution in [0.1, 0.15) is 45.9 Å². The number of rotatable bonds is 4.